The number of methoxy groups -OCH3 is 1. The standard InChI is InChI=1S/C21H26O/c1-13(2)17-10-15-11-19-16(8-7-9-21(19,4)5)14(3)18(15)12-20(17)22-6/h7-8,10-13H,9H2,1-6H3. The van der Waals surface area contributed by atoms with Crippen LogP contribution >= 0.6 is 0 Å². The zero-order chi connectivity index (χ0) is 16.1. The van der Waals surface area contributed by atoms with Crippen molar-refractivity contribution in [1.82, 2.24) is 0 Å². The predicted molar refractivity (Wildman–Crippen MR) is 96.0 cm³/mol. The van der Waals surface area contributed by atoms with Crippen LogP contribution in [-0.2, 0) is 5.41 Å². The van der Waals surface area contributed by atoms with Crippen LogP contribution in [0, 0.1) is 6.92 Å². The molecule has 0 atom stereocenters. The van der Waals surface area contributed by atoms with Crippen LogP contribution in [0.3, 0.4) is 0 Å². The van der Waals surface area contributed by atoms with Crippen LogP contribution in [0.1, 0.15) is 62.3 Å². The number of ether oxygens (including phenoxy) is 1. The number of benzene rings is 2. The maximum absolute atomic E-state index is 5.64. The fourth-order valence-corrected chi connectivity index (χ4v) is 3.62. The molecule has 1 nitrogen and oxygen atoms in total. The first-order valence-electron chi connectivity index (χ1n) is 8.17. The maximum atomic E-state index is 5.64. The Morgan fingerprint density at radius 2 is 1.86 bits per heavy atom. The topological polar surface area (TPSA) is 9.23 Å². The van der Waals surface area contributed by atoms with Crippen molar-refractivity contribution in [3.63, 3.8) is 0 Å². The first-order valence-corrected chi connectivity index (χ1v) is 8.17. The Kier molecular flexibility index (Phi) is 3.55. The Morgan fingerprint density at radius 3 is 2.50 bits per heavy atom. The summed E-state index contributed by atoms with van der Waals surface area (Å²) < 4.78 is 5.64. The van der Waals surface area contributed by atoms with Crippen molar-refractivity contribution < 1.29 is 4.74 Å². The zero-order valence-corrected chi connectivity index (χ0v) is 14.6. The van der Waals surface area contributed by atoms with Gasteiger partial charge in [0.15, 0.2) is 0 Å². The molecule has 1 heteroatoms. The Hall–Kier alpha value is -1.76. The molecular weight excluding hydrogens is 268 g/mol. The van der Waals surface area contributed by atoms with E-state index >= 15 is 0 Å². The highest BCUT2D eigenvalue weighted by molar-refractivity contribution is 5.92. The molecule has 0 heterocycles. The number of rotatable bonds is 2. The Bertz CT molecular complexity index is 763. The Labute approximate surface area is 134 Å². The summed E-state index contributed by atoms with van der Waals surface area (Å²) in [6, 6.07) is 6.93. The largest absolute Gasteiger partial charge is 0.496 e. The molecule has 116 valence electrons. The Balaban J connectivity index is 2.37. The van der Waals surface area contributed by atoms with Gasteiger partial charge in [0.05, 0.1) is 7.11 Å². The van der Waals surface area contributed by atoms with Crippen LogP contribution < -0.4 is 4.74 Å². The summed E-state index contributed by atoms with van der Waals surface area (Å²) in [7, 11) is 1.77. The summed E-state index contributed by atoms with van der Waals surface area (Å²) in [5, 5.41) is 2.64. The molecule has 1 aliphatic rings. The summed E-state index contributed by atoms with van der Waals surface area (Å²) in [5.74, 6) is 1.47. The molecule has 0 radical (unpaired) electrons. The summed E-state index contributed by atoms with van der Waals surface area (Å²) in [5.41, 5.74) is 5.73. The highest BCUT2D eigenvalue weighted by atomic mass is 16.5. The second-order valence-electron chi connectivity index (χ2n) is 7.42. The molecule has 0 aliphatic heterocycles. The molecule has 22 heavy (non-hydrogen) atoms. The van der Waals surface area contributed by atoms with Gasteiger partial charge >= 0.3 is 0 Å². The average molecular weight is 294 g/mol. The van der Waals surface area contributed by atoms with Gasteiger partial charge in [-0.25, -0.2) is 0 Å². The number of fused-ring (bicyclic) bond motifs is 2. The van der Waals surface area contributed by atoms with Crippen molar-refractivity contribution in [2.75, 3.05) is 7.11 Å². The van der Waals surface area contributed by atoms with E-state index in [2.05, 4.69) is 65.0 Å². The molecule has 0 unspecified atom stereocenters. The minimum Gasteiger partial charge on any atom is -0.496 e. The number of allylic oxidation sites excluding steroid dienone is 1. The van der Waals surface area contributed by atoms with Gasteiger partial charge in [0.1, 0.15) is 5.75 Å². The molecule has 0 bridgehead atoms. The molecule has 0 saturated heterocycles. The zero-order valence-electron chi connectivity index (χ0n) is 14.6. The highest BCUT2D eigenvalue weighted by Gasteiger charge is 2.26. The van der Waals surface area contributed by atoms with Crippen molar-refractivity contribution in [1.29, 1.82) is 0 Å². The van der Waals surface area contributed by atoms with Gasteiger partial charge in [-0.2, -0.15) is 0 Å². The second-order valence-corrected chi connectivity index (χ2v) is 7.42. The van der Waals surface area contributed by atoms with Crippen molar-refractivity contribution >= 4 is 16.8 Å². The lowest BCUT2D eigenvalue weighted by molar-refractivity contribution is 0.408. The van der Waals surface area contributed by atoms with Gasteiger partial charge < -0.3 is 4.74 Å². The van der Waals surface area contributed by atoms with Crippen molar-refractivity contribution in [2.45, 2.75) is 52.4 Å². The van der Waals surface area contributed by atoms with E-state index in [0.717, 1.165) is 12.2 Å². The Morgan fingerprint density at radius 1 is 1.14 bits per heavy atom. The van der Waals surface area contributed by atoms with E-state index in [-0.39, 0.29) is 5.41 Å². The second kappa shape index (κ2) is 5.15. The van der Waals surface area contributed by atoms with Crippen molar-refractivity contribution in [3.8, 4) is 5.75 Å². The van der Waals surface area contributed by atoms with E-state index in [9.17, 15) is 0 Å². The fraction of sp³-hybridized carbons (Fsp3) is 0.429. The molecular formula is C21H26O. The first kappa shape index (κ1) is 15.1. The van der Waals surface area contributed by atoms with Gasteiger partial charge in [0.25, 0.3) is 0 Å². The van der Waals surface area contributed by atoms with Crippen LogP contribution in [0.15, 0.2) is 24.3 Å². The van der Waals surface area contributed by atoms with Gasteiger partial charge in [-0.15, -0.1) is 0 Å². The third-order valence-corrected chi connectivity index (χ3v) is 5.06. The lowest BCUT2D eigenvalue weighted by Gasteiger charge is -2.31. The molecule has 2 aromatic carbocycles. The number of aryl methyl sites for hydroxylation is 1. The van der Waals surface area contributed by atoms with Gasteiger partial charge in [-0.1, -0.05) is 39.8 Å². The van der Waals surface area contributed by atoms with Crippen LogP contribution in [0.2, 0.25) is 0 Å². The number of hydrogen-bond donors (Lipinski definition) is 0. The minimum absolute atomic E-state index is 0.209. The molecule has 1 aliphatic carbocycles. The SMILES string of the molecule is COc1cc2c(C)c3c(cc2cc1C(C)C)C(C)(C)CC=C3. The van der Waals surface area contributed by atoms with Gasteiger partial charge in [0.2, 0.25) is 0 Å². The van der Waals surface area contributed by atoms with Gasteiger partial charge in [-0.3, -0.25) is 0 Å². The summed E-state index contributed by atoms with van der Waals surface area (Å²) in [6.07, 6.45) is 5.71. The van der Waals surface area contributed by atoms with Crippen LogP contribution in [0.5, 0.6) is 5.75 Å². The monoisotopic (exact) mass is 294 g/mol. The van der Waals surface area contributed by atoms with E-state index in [1.807, 2.05) is 0 Å². The normalized spacial score (nSPS) is 16.1. The number of hydrogen-bond acceptors (Lipinski definition) is 1. The third kappa shape index (κ3) is 2.24. The highest BCUT2D eigenvalue weighted by Crippen LogP contribution is 2.41. The molecule has 3 rings (SSSR count). The van der Waals surface area contributed by atoms with Crippen molar-refractivity contribution in [2.24, 2.45) is 0 Å². The maximum Gasteiger partial charge on any atom is 0.122 e. The lowest BCUT2D eigenvalue weighted by atomic mass is 9.73. The minimum atomic E-state index is 0.209. The predicted octanol–water partition coefficient (Wildman–Crippen LogP) is 5.97. The summed E-state index contributed by atoms with van der Waals surface area (Å²) in [4.78, 5) is 0. The molecule has 0 fully saturated rings. The molecule has 0 spiro atoms. The summed E-state index contributed by atoms with van der Waals surface area (Å²) in [6.45, 7) is 11.4. The van der Waals surface area contributed by atoms with Crippen molar-refractivity contribution in [3.05, 3.63) is 46.5 Å². The van der Waals surface area contributed by atoms with Crippen LogP contribution in [0.4, 0.5) is 0 Å². The van der Waals surface area contributed by atoms with E-state index in [4.69, 9.17) is 4.74 Å². The fourth-order valence-electron chi connectivity index (χ4n) is 3.62. The van der Waals surface area contributed by atoms with E-state index in [1.165, 1.54) is 33.0 Å². The summed E-state index contributed by atoms with van der Waals surface area (Å²) >= 11 is 0. The van der Waals surface area contributed by atoms with Gasteiger partial charge in [0, 0.05) is 0 Å². The molecule has 2 aromatic rings. The molecule has 0 aromatic heterocycles. The van der Waals surface area contributed by atoms with E-state index in [0.29, 0.717) is 5.92 Å². The van der Waals surface area contributed by atoms with Crippen LogP contribution in [0.25, 0.3) is 16.8 Å². The van der Waals surface area contributed by atoms with E-state index < -0.39 is 0 Å². The quantitative estimate of drug-likeness (QED) is 0.662. The first-order chi connectivity index (χ1) is 10.3. The van der Waals surface area contributed by atoms with Gasteiger partial charge in [-0.05, 0) is 75.9 Å². The molecule has 0 amide bonds. The lowest BCUT2D eigenvalue weighted by Crippen LogP contribution is -2.20. The van der Waals surface area contributed by atoms with E-state index in [1.54, 1.807) is 7.11 Å². The molecule has 0 N–H and O–H groups in total. The average Bonchev–Trinajstić information content (AvgIpc) is 2.47. The van der Waals surface area contributed by atoms with Crippen LogP contribution in [-0.4, -0.2) is 7.11 Å². The molecule has 0 saturated carbocycles. The third-order valence-electron chi connectivity index (χ3n) is 5.06. The smallest absolute Gasteiger partial charge is 0.122 e.